The molecule has 0 unspecified atom stereocenters. The molecule has 10 N–H and O–H groups in total. The molecule has 0 spiro atoms. The van der Waals surface area contributed by atoms with E-state index in [9.17, 15) is 63.6 Å². The molecule has 1 aromatic heterocycles. The molecule has 4 bridgehead atoms. The zero-order chi connectivity index (χ0) is 76.8. The molecule has 4 aliphatic rings. The van der Waals surface area contributed by atoms with Gasteiger partial charge in [-0.1, -0.05) is 66.2 Å². The molecule has 0 aliphatic carbocycles. The number of hydrogen-bond donors (Lipinski definition) is 9. The van der Waals surface area contributed by atoms with Gasteiger partial charge in [-0.15, -0.1) is 0 Å². The molecular weight excluding hydrogens is 1350 g/mol. The number of Topliss-reactive ketones (excluding diaryl/α,β-unsaturated/α-hetero) is 1. The van der Waals surface area contributed by atoms with Gasteiger partial charge in [-0.3, -0.25) is 52.5 Å². The van der Waals surface area contributed by atoms with E-state index in [1.165, 1.54) is 71.4 Å². The maximum Gasteiger partial charge on any atom is 0.312 e. The van der Waals surface area contributed by atoms with Gasteiger partial charge in [0.15, 0.2) is 28.2 Å². The number of likely N-dealkylation sites (N-methyl/N-ethyl adjacent to an activating group) is 1. The normalized spacial score (nSPS) is 24.9. The average molecular weight is 1450 g/mol. The third-order valence-electron chi connectivity index (χ3n) is 21.0. The predicted molar refractivity (Wildman–Crippen MR) is 395 cm³/mol. The van der Waals surface area contributed by atoms with Gasteiger partial charge < -0.3 is 75.7 Å². The van der Waals surface area contributed by atoms with Gasteiger partial charge in [-0.25, -0.2) is 9.78 Å². The van der Waals surface area contributed by atoms with Crippen LogP contribution >= 0.6 is 0 Å². The highest BCUT2D eigenvalue weighted by atomic mass is 16.7. The van der Waals surface area contributed by atoms with Crippen LogP contribution < -0.4 is 57.2 Å². The summed E-state index contributed by atoms with van der Waals surface area (Å²) in [5.41, 5.74) is 4.40. The molecule has 7 amide bonds. The number of ketones is 1. The first-order valence-corrected chi connectivity index (χ1v) is 35.6. The maximum atomic E-state index is 15.3. The Hall–Kier alpha value is -10.0. The number of primary amides is 1. The van der Waals surface area contributed by atoms with Crippen molar-refractivity contribution in [2.75, 3.05) is 62.9 Å². The molecule has 12 atom stereocenters. The minimum Gasteiger partial charge on any atom is -0.507 e. The lowest BCUT2D eigenvalue weighted by molar-refractivity contribution is -0.160. The predicted octanol–water partition coefficient (Wildman–Crippen LogP) is 6.99. The zero-order valence-corrected chi connectivity index (χ0v) is 61.7. The number of fused-ring (bicyclic) bond motifs is 2. The first-order valence-electron chi connectivity index (χ1n) is 35.6. The van der Waals surface area contributed by atoms with Gasteiger partial charge in [-0.2, -0.15) is 0 Å². The first-order chi connectivity index (χ1) is 49.6. The Labute approximate surface area is 607 Å². The number of phenolic OH excluding ortho intramolecular Hbond substituents is 1. The van der Waals surface area contributed by atoms with Crippen molar-refractivity contribution in [3.05, 3.63) is 116 Å². The second-order valence-electron chi connectivity index (χ2n) is 29.1. The second kappa shape index (κ2) is 33.0. The molecule has 564 valence electrons. The van der Waals surface area contributed by atoms with Crippen molar-refractivity contribution in [3.63, 3.8) is 0 Å². The Morgan fingerprint density at radius 1 is 0.886 bits per heavy atom. The van der Waals surface area contributed by atoms with Gasteiger partial charge in [-0.05, 0) is 63.7 Å². The topological polar surface area (TPSA) is 395 Å². The number of nitrogens with one attached hydrogen (secondary N) is 4. The number of carbonyl (C=O) groups excluding carboxylic acids is 8. The lowest BCUT2D eigenvalue weighted by Gasteiger charge is -2.38. The summed E-state index contributed by atoms with van der Waals surface area (Å²) in [7, 11) is 5.49. The number of benzene rings is 4. The quantitative estimate of drug-likeness (QED) is 0.00841. The fraction of sp³-hybridized carbons (Fsp3) is 0.494. The number of nitrogens with two attached hydrogens (primary N) is 1. The summed E-state index contributed by atoms with van der Waals surface area (Å²) in [5, 5.41) is 58.2. The number of methoxy groups -OCH3 is 1. The third kappa shape index (κ3) is 17.2. The van der Waals surface area contributed by atoms with Gasteiger partial charge in [0.25, 0.3) is 17.7 Å². The van der Waals surface area contributed by atoms with Crippen molar-refractivity contribution in [1.29, 1.82) is 0 Å². The van der Waals surface area contributed by atoms with Crippen LogP contribution in [-0.2, 0) is 47.8 Å². The number of aliphatic hydroxyl groups is 3. The minimum atomic E-state index is -2.06. The second-order valence-corrected chi connectivity index (χ2v) is 29.1. The maximum absolute atomic E-state index is 15.3. The van der Waals surface area contributed by atoms with E-state index in [2.05, 4.69) is 21.3 Å². The van der Waals surface area contributed by atoms with Crippen LogP contribution in [0.4, 0.5) is 27.5 Å². The lowest BCUT2D eigenvalue weighted by atomic mass is 9.78. The smallest absolute Gasteiger partial charge is 0.312 e. The van der Waals surface area contributed by atoms with Gasteiger partial charge >= 0.3 is 17.8 Å². The molecule has 0 radical (unpaired) electrons. The summed E-state index contributed by atoms with van der Waals surface area (Å²) in [5.74, 6) is -10.5. The highest BCUT2D eigenvalue weighted by Crippen LogP contribution is 2.43. The lowest BCUT2D eigenvalue weighted by Crippen LogP contribution is -2.51. The number of unbranched alkanes of at least 4 members (excludes halogenated alkanes) is 2. The van der Waals surface area contributed by atoms with Gasteiger partial charge in [0.05, 0.1) is 61.9 Å². The van der Waals surface area contributed by atoms with Gasteiger partial charge in [0, 0.05) is 154 Å². The summed E-state index contributed by atoms with van der Waals surface area (Å²) < 4.78 is 31.2. The van der Waals surface area contributed by atoms with Crippen LogP contribution in [0.5, 0.6) is 11.5 Å². The molecule has 5 aromatic rings. The Kier molecular flexibility index (Phi) is 24.8. The number of amides is 7. The number of quaternary nitrogens is 1. The van der Waals surface area contributed by atoms with E-state index in [1.54, 1.807) is 71.9 Å². The number of aromatic hydroxyl groups is 1. The molecule has 0 saturated carbocycles. The Bertz CT molecular complexity index is 4510. The molecule has 1 fully saturated rings. The van der Waals surface area contributed by atoms with Crippen molar-refractivity contribution in [2.24, 2.45) is 41.2 Å². The standard InChI is InChI=1S/C77H97N9O19/c1-39(2)62(81-56(90)22-15-14-16-32-85-57(91)27-28-58(85)92)52(88)35-47(21-18-31-79-76(78)100)75(99)80-48-23-25-50(26-24-48)86(11,12)51-29-33-84(38-51)49-36-53(89)63-55(37-49)104-72-64(82-63)59-60-68(95)45(8)71-61(59)73(97)77(10,105-71)102-34-30-54(101-13)42(5)70(103-46(9)87)44(7)67(94)43(6)66(93)40(3)19-17-20-41(4)74(98)83-65(72)69(60)96/h17,19-20,23-28,30,34,36-37,39-40,42-44,47,51,54,62,66-67,70,93-94H,14-16,18,21-22,29,31-33,35,38H2,1-13H3,(H7-,78,79,80,81,82,83,89,90,91,92,95,96,97,98,99,100)/p+1/b19-17+,34-30+,41-20-/t40-,42+,43+,44+,47+,51+,54-,62-,66-,67+,70+,77-/m0/s1. The van der Waals surface area contributed by atoms with Crippen LogP contribution in [0.25, 0.3) is 38.7 Å². The first kappa shape index (κ1) is 79.1. The average Bonchev–Trinajstić information content (AvgIpc) is 1.65. The Balaban J connectivity index is 0.987. The van der Waals surface area contributed by atoms with Crippen LogP contribution in [0.2, 0.25) is 0 Å². The highest BCUT2D eigenvalue weighted by Gasteiger charge is 2.45. The Morgan fingerprint density at radius 2 is 1.58 bits per heavy atom. The van der Waals surface area contributed by atoms with Crippen LogP contribution in [0.15, 0.2) is 98.7 Å². The molecule has 28 nitrogen and oxygen atoms in total. The summed E-state index contributed by atoms with van der Waals surface area (Å²) in [6.45, 7) is 17.3. The zero-order valence-electron chi connectivity index (χ0n) is 61.7. The number of esters is 1. The summed E-state index contributed by atoms with van der Waals surface area (Å²) in [6.07, 6.45) is 8.27. The number of aliphatic hydroxyl groups excluding tert-OH is 3. The van der Waals surface area contributed by atoms with E-state index in [4.69, 9.17) is 34.1 Å². The Morgan fingerprint density at radius 3 is 2.24 bits per heavy atom. The van der Waals surface area contributed by atoms with Crippen LogP contribution in [-0.4, -0.2) is 167 Å². The number of hydrogen-bond acceptors (Lipinski definition) is 21. The molecule has 4 aromatic carbocycles. The number of aromatic nitrogens is 1. The van der Waals surface area contributed by atoms with Crippen molar-refractivity contribution >= 4 is 109 Å². The highest BCUT2D eigenvalue weighted by molar-refractivity contribution is 6.17. The van der Waals surface area contributed by atoms with Crippen LogP contribution in [0.1, 0.15) is 119 Å². The number of anilines is 3. The summed E-state index contributed by atoms with van der Waals surface area (Å²) in [4.78, 5) is 142. The van der Waals surface area contributed by atoms with Crippen molar-refractivity contribution in [2.45, 2.75) is 163 Å². The van der Waals surface area contributed by atoms with Crippen LogP contribution in [0, 0.1) is 42.4 Å². The fourth-order valence-corrected chi connectivity index (χ4v) is 14.5. The largest absolute Gasteiger partial charge is 0.507 e. The van der Waals surface area contributed by atoms with Crippen LogP contribution in [0.3, 0.4) is 0 Å². The van der Waals surface area contributed by atoms with E-state index in [1.807, 2.05) is 31.1 Å². The number of rotatable bonds is 22. The minimum absolute atomic E-state index is 0.00211. The molecular formula is C77H98N9O19+. The molecule has 9 rings (SSSR count). The van der Waals surface area contributed by atoms with Crippen molar-refractivity contribution in [3.8, 4) is 11.5 Å². The van der Waals surface area contributed by atoms with Gasteiger partial charge in [0.1, 0.15) is 40.5 Å². The molecule has 1 saturated heterocycles. The fourth-order valence-electron chi connectivity index (χ4n) is 14.5. The van der Waals surface area contributed by atoms with E-state index >= 15 is 4.79 Å². The summed E-state index contributed by atoms with van der Waals surface area (Å²) in [6, 6.07) is 8.63. The van der Waals surface area contributed by atoms with Crippen molar-refractivity contribution < 1.29 is 82.1 Å². The number of carbonyl (C=O) groups is 8. The molecule has 28 heteroatoms. The molecule has 5 heterocycles. The number of phenols is 1. The van der Waals surface area contributed by atoms with E-state index in [-0.39, 0.29) is 118 Å². The monoisotopic (exact) mass is 1450 g/mol. The van der Waals surface area contributed by atoms with E-state index in [0.29, 0.717) is 61.1 Å². The van der Waals surface area contributed by atoms with Gasteiger partial charge in [0.2, 0.25) is 22.7 Å². The number of nitrogens with zero attached hydrogens (tertiary/aromatic N) is 4. The molecule has 105 heavy (non-hydrogen) atoms. The number of imide groups is 1. The number of urea groups is 1. The van der Waals surface area contributed by atoms with E-state index < -0.39 is 123 Å². The van der Waals surface area contributed by atoms with E-state index in [0.717, 1.165) is 10.6 Å². The number of allylic oxidation sites excluding steroid dienone is 2. The molecule has 4 aliphatic heterocycles. The number of ether oxygens (including phenoxy) is 4. The summed E-state index contributed by atoms with van der Waals surface area (Å²) >= 11 is 0. The third-order valence-corrected chi connectivity index (χ3v) is 21.0. The SMILES string of the molecule is CO[C@H]1/C=C/O[C@@]2(C)Oc3c(C)c(O)c4c(=O)c(c5oc6cc(N7CC[C@@H]([N+](C)(C)c8ccc(NC(=O)[C@H](CCCNC(N)=O)CC(=O)[C@@H](NC(=O)CCCCCN9C(=O)C=CC9=O)C(C)C)cc8)C7)cc(=O)c6nc5c4c3=C2O)NC(=O)/C(C)=C\C=C\[C@H](C)[C@H](O)[C@@H](C)[C@@H](O)[C@@H](C)[C@H](OC(C)=O)[C@@H]1C. The van der Waals surface area contributed by atoms with Crippen molar-refractivity contribution in [1.82, 2.24) is 25.0 Å².